The summed E-state index contributed by atoms with van der Waals surface area (Å²) >= 11 is 0. The maximum Gasteiger partial charge on any atom is 0.310 e. The van der Waals surface area contributed by atoms with Crippen LogP contribution in [0, 0.1) is 0 Å². The Morgan fingerprint density at radius 2 is 0.769 bits per heavy atom. The molecule has 0 N–H and O–H groups in total. The first kappa shape index (κ1) is 32.1. The molecule has 2 atom stereocenters. The summed E-state index contributed by atoms with van der Waals surface area (Å²) in [7, 11) is -1.75. The number of benzene rings is 8. The first-order valence-corrected chi connectivity index (χ1v) is 19.1. The Morgan fingerprint density at radius 1 is 0.423 bits per heavy atom. The predicted octanol–water partition coefficient (Wildman–Crippen LogP) is 14.4. The topological polar surface area (TPSA) is 29.5 Å². The van der Waals surface area contributed by atoms with Crippen molar-refractivity contribution in [1.82, 2.24) is 0 Å². The van der Waals surface area contributed by atoms with Crippen LogP contribution in [0.5, 0.6) is 0 Å². The molecule has 0 aliphatic rings. The Balaban J connectivity index is 1.52. The van der Waals surface area contributed by atoms with Crippen molar-refractivity contribution in [3.8, 4) is 22.3 Å². The second-order valence-electron chi connectivity index (χ2n) is 13.4. The molecule has 0 aliphatic heterocycles. The van der Waals surface area contributed by atoms with E-state index in [4.69, 9.17) is 8.39 Å². The molecule has 1 heterocycles. The molecule has 0 spiro atoms. The summed E-state index contributed by atoms with van der Waals surface area (Å²) < 4.78 is 17.6. The molecule has 3 nitrogen and oxygen atoms in total. The molecule has 4 heteroatoms. The third kappa shape index (κ3) is 5.69. The minimum atomic E-state index is -1.75. The third-order valence-corrected chi connectivity index (χ3v) is 12.1. The summed E-state index contributed by atoms with van der Waals surface area (Å²) in [5.74, 6) is 0. The Bertz CT molecular complexity index is 2520. The molecule has 52 heavy (non-hydrogen) atoms. The van der Waals surface area contributed by atoms with E-state index in [9.17, 15) is 0 Å². The molecule has 252 valence electrons. The van der Waals surface area contributed by atoms with Crippen LogP contribution in [0.1, 0.15) is 37.1 Å². The normalized spacial score (nSPS) is 12.8. The first-order chi connectivity index (χ1) is 25.7. The minimum Gasteiger partial charge on any atom is -0.407 e. The van der Waals surface area contributed by atoms with Crippen molar-refractivity contribution in [2.24, 2.45) is 0 Å². The average molecular weight is 692 g/mol. The van der Waals surface area contributed by atoms with Crippen molar-refractivity contribution < 1.29 is 8.39 Å². The number of hydrogen-bond donors (Lipinski definition) is 0. The first-order valence-electron chi connectivity index (χ1n) is 17.9. The highest BCUT2D eigenvalue weighted by Crippen LogP contribution is 2.51. The molecule has 9 rings (SSSR count). The van der Waals surface area contributed by atoms with E-state index >= 15 is 0 Å². The van der Waals surface area contributed by atoms with Gasteiger partial charge < -0.3 is 8.39 Å². The smallest absolute Gasteiger partial charge is 0.310 e. The van der Waals surface area contributed by atoms with Crippen LogP contribution in [0.2, 0.25) is 0 Å². The summed E-state index contributed by atoms with van der Waals surface area (Å²) in [6.45, 7) is 4.54. The lowest BCUT2D eigenvalue weighted by Gasteiger charge is -2.32. The van der Waals surface area contributed by atoms with Crippen molar-refractivity contribution in [1.29, 1.82) is 0 Å². The van der Waals surface area contributed by atoms with Gasteiger partial charge in [-0.1, -0.05) is 170 Å². The van der Waals surface area contributed by atoms with Crippen molar-refractivity contribution in [2.45, 2.75) is 25.9 Å². The van der Waals surface area contributed by atoms with Gasteiger partial charge >= 0.3 is 8.16 Å². The van der Waals surface area contributed by atoms with Gasteiger partial charge in [0.2, 0.25) is 0 Å². The third-order valence-electron chi connectivity index (χ3n) is 10.3. The largest absolute Gasteiger partial charge is 0.407 e. The highest BCUT2D eigenvalue weighted by Gasteiger charge is 2.30. The summed E-state index contributed by atoms with van der Waals surface area (Å²) in [4.78, 5) is 0. The number of rotatable bonds is 7. The van der Waals surface area contributed by atoms with Crippen LogP contribution in [0.25, 0.3) is 65.7 Å². The quantitative estimate of drug-likeness (QED) is 0.167. The molecule has 9 aromatic rings. The van der Waals surface area contributed by atoms with Crippen LogP contribution in [0.4, 0.5) is 0 Å². The van der Waals surface area contributed by atoms with Gasteiger partial charge in [-0.05, 0) is 69.8 Å². The number of hydrogen-bond acceptors (Lipinski definition) is 3. The average Bonchev–Trinajstić information content (AvgIpc) is 3.39. The lowest BCUT2D eigenvalue weighted by atomic mass is 9.91. The summed E-state index contributed by atoms with van der Waals surface area (Å²) in [6, 6.07) is 64.6. The maximum atomic E-state index is 7.59. The van der Waals surface area contributed by atoms with Gasteiger partial charge in [-0.25, -0.2) is 0 Å². The lowest BCUT2D eigenvalue weighted by molar-refractivity contribution is 0.559. The Labute approximate surface area is 305 Å². The van der Waals surface area contributed by atoms with E-state index in [-0.39, 0.29) is 12.1 Å². The monoisotopic (exact) mass is 691 g/mol. The molecule has 8 aromatic carbocycles. The number of fused-ring (bicyclic) bond motifs is 7. The fraction of sp³-hybridized carbons (Fsp3) is 0.0833. The van der Waals surface area contributed by atoms with Gasteiger partial charge in [-0.3, -0.25) is 0 Å². The standard InChI is InChI=1S/C48H38NO2P/c1-33(35-19-7-3-8-20-35)49(34(2)36-21-9-4-10-22-36)52-50-47-43(37-23-11-5-12-24-37)31-39-27-15-17-29-41(39)45(47)46-42-30-18-16-28-40(42)32-44(48(46)51-52)38-25-13-6-14-26-38/h3-34H,1-2H3. The van der Waals surface area contributed by atoms with Gasteiger partial charge in [0.15, 0.2) is 11.2 Å². The molecular weight excluding hydrogens is 654 g/mol. The second-order valence-corrected chi connectivity index (χ2v) is 14.7. The van der Waals surface area contributed by atoms with E-state index in [1.165, 1.54) is 11.1 Å². The van der Waals surface area contributed by atoms with Gasteiger partial charge in [-0.2, -0.15) is 4.67 Å². The zero-order valence-corrected chi connectivity index (χ0v) is 30.1. The number of nitrogens with zero attached hydrogens (tertiary/aromatic N) is 1. The van der Waals surface area contributed by atoms with E-state index < -0.39 is 8.16 Å². The Morgan fingerprint density at radius 3 is 1.17 bits per heavy atom. The SMILES string of the molecule is CC(c1ccccc1)N(C(C)c1ccccc1)p1oc2c(-c3ccccc3)cc3ccccc3c2c2c(o1)c(-c1ccccc1)cc1ccccc12. The molecule has 0 fully saturated rings. The summed E-state index contributed by atoms with van der Waals surface area (Å²) in [5, 5.41) is 6.70. The molecular formula is C48H38NO2P. The molecule has 0 saturated heterocycles. The molecule has 1 aromatic heterocycles. The Hall–Kier alpha value is -5.86. The fourth-order valence-corrected chi connectivity index (χ4v) is 9.41. The van der Waals surface area contributed by atoms with Crippen LogP contribution >= 0.6 is 8.16 Å². The van der Waals surface area contributed by atoms with Gasteiger partial charge in [0.25, 0.3) is 0 Å². The molecule has 0 amide bonds. The van der Waals surface area contributed by atoms with E-state index in [0.29, 0.717) is 0 Å². The van der Waals surface area contributed by atoms with Crippen molar-refractivity contribution in [2.75, 3.05) is 4.67 Å². The van der Waals surface area contributed by atoms with Crippen LogP contribution < -0.4 is 4.67 Å². The van der Waals surface area contributed by atoms with Gasteiger partial charge in [0, 0.05) is 34.0 Å². The van der Waals surface area contributed by atoms with Gasteiger partial charge in [0.05, 0.1) is 0 Å². The summed E-state index contributed by atoms with van der Waals surface area (Å²) in [5.41, 5.74) is 8.39. The zero-order valence-electron chi connectivity index (χ0n) is 29.2. The highest BCUT2D eigenvalue weighted by molar-refractivity contribution is 7.39. The van der Waals surface area contributed by atoms with Crippen molar-refractivity contribution in [3.05, 3.63) is 193 Å². The van der Waals surface area contributed by atoms with E-state index in [1.807, 2.05) is 0 Å². The van der Waals surface area contributed by atoms with E-state index in [1.54, 1.807) is 0 Å². The van der Waals surface area contributed by atoms with Gasteiger partial charge in [0.1, 0.15) is 0 Å². The second kappa shape index (κ2) is 13.7. The molecule has 2 unspecified atom stereocenters. The zero-order chi connectivity index (χ0) is 35.0. The van der Waals surface area contributed by atoms with Crippen molar-refractivity contribution >= 4 is 51.6 Å². The molecule has 0 bridgehead atoms. The van der Waals surface area contributed by atoms with Crippen LogP contribution in [-0.4, -0.2) is 0 Å². The molecule has 0 saturated carbocycles. The fourth-order valence-electron chi connectivity index (χ4n) is 7.66. The maximum absolute atomic E-state index is 7.59. The highest BCUT2D eigenvalue weighted by atomic mass is 31.1. The van der Waals surface area contributed by atoms with Gasteiger partial charge in [-0.15, -0.1) is 0 Å². The van der Waals surface area contributed by atoms with Crippen LogP contribution in [0.15, 0.2) is 190 Å². The molecule has 0 radical (unpaired) electrons. The molecule has 0 aliphatic carbocycles. The van der Waals surface area contributed by atoms with Crippen molar-refractivity contribution in [3.63, 3.8) is 0 Å². The van der Waals surface area contributed by atoms with Crippen LogP contribution in [-0.2, 0) is 0 Å². The van der Waals surface area contributed by atoms with Crippen LogP contribution in [0.3, 0.4) is 0 Å². The Kier molecular flexibility index (Phi) is 8.45. The summed E-state index contributed by atoms with van der Waals surface area (Å²) in [6.07, 6.45) is 0. The minimum absolute atomic E-state index is 0.0335. The van der Waals surface area contributed by atoms with E-state index in [2.05, 4.69) is 201 Å². The lowest BCUT2D eigenvalue weighted by Crippen LogP contribution is -2.27. The predicted molar refractivity (Wildman–Crippen MR) is 220 cm³/mol. The van der Waals surface area contributed by atoms with E-state index in [0.717, 1.165) is 65.7 Å².